The summed E-state index contributed by atoms with van der Waals surface area (Å²) in [5.74, 6) is 0. The number of aromatic nitrogens is 3. The number of para-hydroxylation sites is 5. The van der Waals surface area contributed by atoms with Gasteiger partial charge in [-0.25, -0.2) is 0 Å². The van der Waals surface area contributed by atoms with Gasteiger partial charge < -0.3 is 13.7 Å². The highest BCUT2D eigenvalue weighted by molar-refractivity contribution is 6.14. The Morgan fingerprint density at radius 2 is 0.784 bits per heavy atom. The molecule has 3 heterocycles. The maximum absolute atomic E-state index is 2.49. The Labute approximate surface area is 295 Å². The van der Waals surface area contributed by atoms with Gasteiger partial charge in [0.2, 0.25) is 0 Å². The van der Waals surface area contributed by atoms with E-state index in [0.717, 1.165) is 6.42 Å². The summed E-state index contributed by atoms with van der Waals surface area (Å²) in [5.41, 5.74) is 13.8. The van der Waals surface area contributed by atoms with Crippen molar-refractivity contribution in [2.75, 3.05) is 0 Å². The molecule has 10 aromatic rings. The third-order valence-electron chi connectivity index (χ3n) is 11.2. The molecule has 0 radical (unpaired) electrons. The number of allylic oxidation sites excluding steroid dienone is 2. The number of benzene rings is 7. The normalized spacial score (nSPS) is 13.7. The van der Waals surface area contributed by atoms with Gasteiger partial charge in [-0.3, -0.25) is 0 Å². The zero-order chi connectivity index (χ0) is 33.5. The summed E-state index contributed by atoms with van der Waals surface area (Å²) in [7, 11) is 0. The summed E-state index contributed by atoms with van der Waals surface area (Å²) in [6, 6.07) is 58.3. The summed E-state index contributed by atoms with van der Waals surface area (Å²) in [5, 5.41) is 7.61. The van der Waals surface area contributed by atoms with E-state index in [1.54, 1.807) is 0 Å². The summed E-state index contributed by atoms with van der Waals surface area (Å²) in [6.45, 7) is 0. The van der Waals surface area contributed by atoms with E-state index in [4.69, 9.17) is 0 Å². The molecule has 0 atom stereocenters. The molecule has 1 aliphatic carbocycles. The summed E-state index contributed by atoms with van der Waals surface area (Å²) in [4.78, 5) is 0. The lowest BCUT2D eigenvalue weighted by molar-refractivity contribution is 0.741. The van der Waals surface area contributed by atoms with E-state index in [2.05, 4.69) is 178 Å². The Morgan fingerprint density at radius 3 is 1.31 bits per heavy atom. The number of fused-ring (bicyclic) bond motifs is 9. The van der Waals surface area contributed by atoms with Crippen LogP contribution in [0.2, 0.25) is 0 Å². The van der Waals surface area contributed by atoms with Gasteiger partial charge in [-0.2, -0.15) is 0 Å². The quantitative estimate of drug-likeness (QED) is 0.180. The average molecular weight is 654 g/mol. The zero-order valence-corrected chi connectivity index (χ0v) is 28.3. The minimum Gasteiger partial charge on any atom is -0.309 e. The Hall–Kier alpha value is -6.32. The second kappa shape index (κ2) is 11.1. The second-order valence-electron chi connectivity index (χ2n) is 14.0. The van der Waals surface area contributed by atoms with Gasteiger partial charge in [0.15, 0.2) is 0 Å². The Balaban J connectivity index is 1.14. The molecule has 3 aromatic heterocycles. The van der Waals surface area contributed by atoms with Crippen LogP contribution in [0.25, 0.3) is 88.1 Å². The van der Waals surface area contributed by atoms with Crippen molar-refractivity contribution in [3.63, 3.8) is 0 Å². The van der Waals surface area contributed by atoms with E-state index in [1.165, 1.54) is 113 Å². The van der Waals surface area contributed by atoms with Crippen molar-refractivity contribution in [3.05, 3.63) is 169 Å². The molecule has 1 aliphatic rings. The van der Waals surface area contributed by atoms with Crippen LogP contribution in [0.3, 0.4) is 0 Å². The molecule has 0 saturated heterocycles. The van der Waals surface area contributed by atoms with Crippen LogP contribution < -0.4 is 0 Å². The molecular weight excluding hydrogens is 619 g/mol. The molecule has 0 spiro atoms. The fourth-order valence-corrected chi connectivity index (χ4v) is 8.96. The first-order valence-electron chi connectivity index (χ1n) is 18.2. The van der Waals surface area contributed by atoms with Gasteiger partial charge in [0.25, 0.3) is 0 Å². The van der Waals surface area contributed by atoms with Crippen molar-refractivity contribution in [1.82, 2.24) is 13.7 Å². The van der Waals surface area contributed by atoms with Crippen molar-refractivity contribution in [3.8, 4) is 17.1 Å². The minimum absolute atomic E-state index is 1.14. The van der Waals surface area contributed by atoms with Gasteiger partial charge in [0.05, 0.1) is 38.8 Å². The van der Waals surface area contributed by atoms with E-state index in [1.807, 2.05) is 0 Å². The van der Waals surface area contributed by atoms with Crippen molar-refractivity contribution >= 4 is 71.0 Å². The van der Waals surface area contributed by atoms with Gasteiger partial charge in [0, 0.05) is 49.3 Å². The lowest BCUT2D eigenvalue weighted by atomic mass is 9.92. The maximum Gasteiger partial charge on any atom is 0.0542 e. The lowest BCUT2D eigenvalue weighted by Crippen LogP contribution is -2.01. The van der Waals surface area contributed by atoms with E-state index in [-0.39, 0.29) is 0 Å². The van der Waals surface area contributed by atoms with Crippen LogP contribution in [0.1, 0.15) is 31.2 Å². The van der Waals surface area contributed by atoms with Crippen LogP contribution in [0, 0.1) is 0 Å². The largest absolute Gasteiger partial charge is 0.309 e. The standard InChI is InChI=1S/C48H35N3/c1-2-14-32(15-3-1)35-16-4-9-21-42(35)51-46-25-13-8-20-39(46)41-31-34(27-29-48(41)51)50-45-24-12-7-19-38(45)40-30-33(26-28-47(40)50)49-43-22-10-5-17-36(43)37-18-6-11-23-44(37)49/h4-14,16-31H,1-3,15H2. The molecule has 3 heteroatoms. The fourth-order valence-electron chi connectivity index (χ4n) is 8.96. The molecule has 51 heavy (non-hydrogen) atoms. The Morgan fingerprint density at radius 1 is 0.353 bits per heavy atom. The van der Waals surface area contributed by atoms with Gasteiger partial charge in [0.1, 0.15) is 0 Å². The molecule has 242 valence electrons. The highest BCUT2D eigenvalue weighted by atomic mass is 15.0. The summed E-state index contributed by atoms with van der Waals surface area (Å²) in [6.07, 6.45) is 7.32. The Kier molecular flexibility index (Phi) is 6.20. The SMILES string of the molecule is C1=C(c2ccccc2-n2c3ccccc3c3cc(-n4c5ccccc5c5cc(-n6c7ccccc7c7ccccc76)ccc54)ccc32)CCCC1. The van der Waals surface area contributed by atoms with Crippen LogP contribution in [0.4, 0.5) is 0 Å². The fraction of sp³-hybridized carbons (Fsp3) is 0.0833. The number of rotatable bonds is 4. The molecule has 7 aromatic carbocycles. The highest BCUT2D eigenvalue weighted by Gasteiger charge is 2.20. The molecular formula is C48H35N3. The first-order valence-corrected chi connectivity index (χ1v) is 18.2. The minimum atomic E-state index is 1.14. The monoisotopic (exact) mass is 653 g/mol. The highest BCUT2D eigenvalue weighted by Crippen LogP contribution is 2.40. The van der Waals surface area contributed by atoms with E-state index >= 15 is 0 Å². The third kappa shape index (κ3) is 4.18. The predicted octanol–water partition coefficient (Wildman–Crippen LogP) is 12.9. The smallest absolute Gasteiger partial charge is 0.0542 e. The van der Waals surface area contributed by atoms with E-state index < -0.39 is 0 Å². The van der Waals surface area contributed by atoms with Crippen molar-refractivity contribution in [1.29, 1.82) is 0 Å². The van der Waals surface area contributed by atoms with Crippen LogP contribution >= 0.6 is 0 Å². The number of nitrogens with zero attached hydrogens (tertiary/aromatic N) is 3. The number of hydrogen-bond acceptors (Lipinski definition) is 0. The predicted molar refractivity (Wildman–Crippen MR) is 216 cm³/mol. The van der Waals surface area contributed by atoms with Crippen molar-refractivity contribution < 1.29 is 0 Å². The van der Waals surface area contributed by atoms with Gasteiger partial charge in [-0.1, -0.05) is 97.1 Å². The molecule has 0 bridgehead atoms. The molecule has 0 N–H and O–H groups in total. The van der Waals surface area contributed by atoms with Gasteiger partial charge in [-0.15, -0.1) is 0 Å². The second-order valence-corrected chi connectivity index (χ2v) is 14.0. The summed E-state index contributed by atoms with van der Waals surface area (Å²) < 4.78 is 7.36. The van der Waals surface area contributed by atoms with Crippen LogP contribution in [-0.4, -0.2) is 13.7 Å². The van der Waals surface area contributed by atoms with Crippen molar-refractivity contribution in [2.24, 2.45) is 0 Å². The number of hydrogen-bond donors (Lipinski definition) is 0. The van der Waals surface area contributed by atoms with Crippen LogP contribution in [0.5, 0.6) is 0 Å². The van der Waals surface area contributed by atoms with E-state index in [9.17, 15) is 0 Å². The van der Waals surface area contributed by atoms with E-state index in [0.29, 0.717) is 0 Å². The maximum atomic E-state index is 2.49. The zero-order valence-electron chi connectivity index (χ0n) is 28.3. The molecule has 0 saturated carbocycles. The topological polar surface area (TPSA) is 14.8 Å². The average Bonchev–Trinajstić information content (AvgIpc) is 3.83. The van der Waals surface area contributed by atoms with Crippen LogP contribution in [0.15, 0.2) is 164 Å². The molecule has 0 aliphatic heterocycles. The van der Waals surface area contributed by atoms with Gasteiger partial charge >= 0.3 is 0 Å². The van der Waals surface area contributed by atoms with Gasteiger partial charge in [-0.05, 0) is 98.0 Å². The third-order valence-corrected chi connectivity index (χ3v) is 11.2. The first kappa shape index (κ1) is 28.5. The molecule has 0 unspecified atom stereocenters. The molecule has 3 nitrogen and oxygen atoms in total. The lowest BCUT2D eigenvalue weighted by Gasteiger charge is -2.18. The summed E-state index contributed by atoms with van der Waals surface area (Å²) >= 11 is 0. The Bertz CT molecular complexity index is 2980. The molecule has 0 amide bonds. The van der Waals surface area contributed by atoms with Crippen LogP contribution in [-0.2, 0) is 0 Å². The van der Waals surface area contributed by atoms with Crippen molar-refractivity contribution in [2.45, 2.75) is 25.7 Å². The molecule has 0 fully saturated rings. The first-order chi connectivity index (χ1) is 25.3. The molecule has 11 rings (SSSR count).